The zero-order chi connectivity index (χ0) is 38.6. The molecule has 282 valence electrons. The van der Waals surface area contributed by atoms with E-state index < -0.39 is 122 Å². The summed E-state index contributed by atoms with van der Waals surface area (Å²) < 4.78 is 0. The highest BCUT2D eigenvalue weighted by Gasteiger charge is 2.27. The van der Waals surface area contributed by atoms with Crippen LogP contribution >= 0.6 is 0 Å². The van der Waals surface area contributed by atoms with E-state index in [4.69, 9.17) is 10.8 Å². The Hall–Kier alpha value is -5.34. The van der Waals surface area contributed by atoms with Crippen LogP contribution in [0.4, 0.5) is 0 Å². The number of carboxylic acids is 1. The maximum absolute atomic E-state index is 12.8. The predicted octanol–water partition coefficient (Wildman–Crippen LogP) is -5.71. The maximum Gasteiger partial charge on any atom is 0.322 e. The van der Waals surface area contributed by atoms with Gasteiger partial charge in [-0.05, 0) is 32.1 Å². The van der Waals surface area contributed by atoms with Gasteiger partial charge in [-0.15, -0.1) is 0 Å². The molecule has 0 aliphatic rings. The standard InChI is InChI=1S/C29H50N10O11/c1-14(2)7-18(28(49)34-9-20(41)31-13-24(45)46)38-22(43)11-35-29(50)25(15(3)4)39-23(44)12-33-27(48)17(6)37-21(42)10-32-26(47)16(5)36-19(40)8-30/h14-18,25H,7-13,30H2,1-6H3,(H,31,41)(H,32,47)(H,33,48)(H,34,49)(H,35,50)(H,36,40)(H,37,42)(H,38,43)(H,39,44)(H,45,46)/t16-,17-,18-,25-/m0/s1. The Morgan fingerprint density at radius 2 is 0.920 bits per heavy atom. The number of amides is 9. The van der Waals surface area contributed by atoms with Gasteiger partial charge >= 0.3 is 5.97 Å². The lowest BCUT2D eigenvalue weighted by molar-refractivity contribution is -0.138. The van der Waals surface area contributed by atoms with Crippen LogP contribution < -0.4 is 53.6 Å². The number of nitrogens with two attached hydrogens (primary N) is 1. The first kappa shape index (κ1) is 44.7. The number of hydrogen-bond acceptors (Lipinski definition) is 11. The second-order valence-electron chi connectivity index (χ2n) is 11.9. The average Bonchev–Trinajstić information content (AvgIpc) is 3.04. The van der Waals surface area contributed by atoms with Crippen LogP contribution in [0.1, 0.15) is 48.0 Å². The van der Waals surface area contributed by atoms with Crippen LogP contribution in [0, 0.1) is 11.8 Å². The van der Waals surface area contributed by atoms with E-state index in [0.717, 1.165) is 0 Å². The molecule has 0 radical (unpaired) electrons. The van der Waals surface area contributed by atoms with Crippen LogP contribution in [0.25, 0.3) is 0 Å². The number of carbonyl (C=O) groups is 10. The number of aliphatic carboxylic acids is 1. The molecular formula is C29H50N10O11. The molecule has 12 N–H and O–H groups in total. The molecule has 0 fully saturated rings. The molecule has 0 bridgehead atoms. The Kier molecular flexibility index (Phi) is 20.6. The van der Waals surface area contributed by atoms with E-state index in [1.54, 1.807) is 27.7 Å². The minimum absolute atomic E-state index is 0.0539. The first-order valence-electron chi connectivity index (χ1n) is 15.7. The summed E-state index contributed by atoms with van der Waals surface area (Å²) >= 11 is 0. The van der Waals surface area contributed by atoms with E-state index in [9.17, 15) is 47.9 Å². The quantitative estimate of drug-likeness (QED) is 0.0500. The van der Waals surface area contributed by atoms with Gasteiger partial charge in [0, 0.05) is 0 Å². The van der Waals surface area contributed by atoms with Gasteiger partial charge < -0.3 is 58.7 Å². The monoisotopic (exact) mass is 714 g/mol. The van der Waals surface area contributed by atoms with Crippen LogP contribution in [0.3, 0.4) is 0 Å². The summed E-state index contributed by atoms with van der Waals surface area (Å²) in [7, 11) is 0. The van der Waals surface area contributed by atoms with Crippen LogP contribution in [0.5, 0.6) is 0 Å². The molecule has 0 aromatic rings. The fourth-order valence-electron chi connectivity index (χ4n) is 3.88. The highest BCUT2D eigenvalue weighted by atomic mass is 16.4. The topological polar surface area (TPSA) is 325 Å². The summed E-state index contributed by atoms with van der Waals surface area (Å²) in [6.45, 7) is 6.48. The molecule has 0 spiro atoms. The molecule has 0 aromatic carbocycles. The fourth-order valence-corrected chi connectivity index (χ4v) is 3.88. The normalized spacial score (nSPS) is 13.0. The van der Waals surface area contributed by atoms with Crippen molar-refractivity contribution in [1.29, 1.82) is 0 Å². The first-order chi connectivity index (χ1) is 23.3. The Balaban J connectivity index is 4.87. The molecule has 0 saturated carbocycles. The third kappa shape index (κ3) is 19.5. The minimum Gasteiger partial charge on any atom is -0.480 e. The lowest BCUT2D eigenvalue weighted by atomic mass is 10.0. The van der Waals surface area contributed by atoms with Gasteiger partial charge in [-0.1, -0.05) is 27.7 Å². The first-order valence-corrected chi connectivity index (χ1v) is 15.7. The van der Waals surface area contributed by atoms with Crippen molar-refractivity contribution in [3.63, 3.8) is 0 Å². The molecule has 0 heterocycles. The summed E-state index contributed by atoms with van der Waals surface area (Å²) in [5, 5.41) is 29.6. The average molecular weight is 715 g/mol. The number of carboxylic acid groups (broad SMARTS) is 1. The smallest absolute Gasteiger partial charge is 0.322 e. The van der Waals surface area contributed by atoms with Crippen LogP contribution in [-0.4, -0.2) is 128 Å². The molecule has 0 rings (SSSR count). The van der Waals surface area contributed by atoms with Crippen molar-refractivity contribution in [2.45, 2.75) is 72.1 Å². The Morgan fingerprint density at radius 1 is 0.500 bits per heavy atom. The third-order valence-corrected chi connectivity index (χ3v) is 6.48. The largest absolute Gasteiger partial charge is 0.480 e. The van der Waals surface area contributed by atoms with Gasteiger partial charge in [0.05, 0.1) is 32.7 Å². The van der Waals surface area contributed by atoms with Gasteiger partial charge in [-0.3, -0.25) is 47.9 Å². The number of hydrogen-bond donors (Lipinski definition) is 11. The van der Waals surface area contributed by atoms with Crippen molar-refractivity contribution in [2.75, 3.05) is 39.3 Å². The van der Waals surface area contributed by atoms with Crippen LogP contribution in [0.2, 0.25) is 0 Å². The molecule has 0 aliphatic heterocycles. The molecule has 9 amide bonds. The second-order valence-corrected chi connectivity index (χ2v) is 11.9. The highest BCUT2D eigenvalue weighted by molar-refractivity contribution is 5.95. The lowest BCUT2D eigenvalue weighted by Crippen LogP contribution is -2.55. The molecule has 4 atom stereocenters. The van der Waals surface area contributed by atoms with E-state index >= 15 is 0 Å². The van der Waals surface area contributed by atoms with Crippen molar-refractivity contribution in [2.24, 2.45) is 17.6 Å². The van der Waals surface area contributed by atoms with Gasteiger partial charge in [0.25, 0.3) is 0 Å². The van der Waals surface area contributed by atoms with Gasteiger partial charge in [-0.2, -0.15) is 0 Å². The van der Waals surface area contributed by atoms with E-state index in [2.05, 4.69) is 47.9 Å². The number of carbonyl (C=O) groups excluding carboxylic acids is 9. The molecule has 0 unspecified atom stereocenters. The van der Waals surface area contributed by atoms with Crippen molar-refractivity contribution < 1.29 is 53.1 Å². The minimum atomic E-state index is -1.26. The van der Waals surface area contributed by atoms with Crippen molar-refractivity contribution >= 4 is 59.1 Å². The van der Waals surface area contributed by atoms with Gasteiger partial charge in [0.15, 0.2) is 0 Å². The van der Waals surface area contributed by atoms with E-state index in [1.165, 1.54) is 13.8 Å². The number of nitrogens with one attached hydrogen (secondary N) is 9. The molecule has 50 heavy (non-hydrogen) atoms. The Labute approximate surface area is 289 Å². The summed E-state index contributed by atoms with van der Waals surface area (Å²) in [5.41, 5.74) is 5.17. The zero-order valence-electron chi connectivity index (χ0n) is 29.0. The Bertz CT molecular complexity index is 1260. The maximum atomic E-state index is 12.8. The van der Waals surface area contributed by atoms with Crippen LogP contribution in [0.15, 0.2) is 0 Å². The molecule has 21 heteroatoms. The van der Waals surface area contributed by atoms with Crippen molar-refractivity contribution in [1.82, 2.24) is 47.9 Å². The predicted molar refractivity (Wildman–Crippen MR) is 175 cm³/mol. The molecule has 0 saturated heterocycles. The van der Waals surface area contributed by atoms with Crippen molar-refractivity contribution in [3.05, 3.63) is 0 Å². The van der Waals surface area contributed by atoms with Gasteiger partial charge in [0.2, 0.25) is 53.2 Å². The zero-order valence-corrected chi connectivity index (χ0v) is 29.0. The molecular weight excluding hydrogens is 664 g/mol. The van der Waals surface area contributed by atoms with E-state index in [0.29, 0.717) is 0 Å². The van der Waals surface area contributed by atoms with E-state index in [1.807, 2.05) is 0 Å². The fraction of sp³-hybridized carbons (Fsp3) is 0.655. The Morgan fingerprint density at radius 3 is 1.38 bits per heavy atom. The summed E-state index contributed by atoms with van der Waals surface area (Å²) in [4.78, 5) is 121. The SMILES string of the molecule is CC(C)C[C@H](NC(=O)CNC(=O)[C@@H](NC(=O)CNC(=O)[C@H](C)NC(=O)CNC(=O)[C@H](C)NC(=O)CN)C(C)C)C(=O)NCC(=O)NCC(=O)O. The van der Waals surface area contributed by atoms with Crippen molar-refractivity contribution in [3.8, 4) is 0 Å². The lowest BCUT2D eigenvalue weighted by Gasteiger charge is -2.23. The second kappa shape index (κ2) is 23.1. The number of rotatable bonds is 22. The van der Waals surface area contributed by atoms with Gasteiger partial charge in [0.1, 0.15) is 30.7 Å². The van der Waals surface area contributed by atoms with Crippen LogP contribution in [-0.2, 0) is 47.9 Å². The molecule has 21 nitrogen and oxygen atoms in total. The summed E-state index contributed by atoms with van der Waals surface area (Å²) in [5.74, 6) is -8.11. The summed E-state index contributed by atoms with van der Waals surface area (Å²) in [6, 6.07) is -4.25. The van der Waals surface area contributed by atoms with E-state index in [-0.39, 0.29) is 18.9 Å². The summed E-state index contributed by atoms with van der Waals surface area (Å²) in [6.07, 6.45) is 0.188. The third-order valence-electron chi connectivity index (χ3n) is 6.48. The van der Waals surface area contributed by atoms with Gasteiger partial charge in [-0.25, -0.2) is 0 Å². The molecule has 0 aromatic heterocycles. The highest BCUT2D eigenvalue weighted by Crippen LogP contribution is 2.05. The molecule has 0 aliphatic carbocycles.